The Morgan fingerprint density at radius 1 is 1.07 bits per heavy atom. The number of anilines is 1. The third kappa shape index (κ3) is 3.30. The predicted molar refractivity (Wildman–Crippen MR) is 106 cm³/mol. The number of rotatable bonds is 5. The molecular formula is C20H22N6O2. The van der Waals surface area contributed by atoms with Gasteiger partial charge in [0.25, 0.3) is 0 Å². The van der Waals surface area contributed by atoms with Crippen LogP contribution in [0.2, 0.25) is 0 Å². The van der Waals surface area contributed by atoms with Gasteiger partial charge in [0.2, 0.25) is 0 Å². The van der Waals surface area contributed by atoms with Gasteiger partial charge in [-0.15, -0.1) is 11.1 Å². The highest BCUT2D eigenvalue weighted by Crippen LogP contribution is 2.33. The van der Waals surface area contributed by atoms with Crippen molar-refractivity contribution in [1.82, 2.24) is 25.9 Å². The molecule has 1 fully saturated rings. The first-order valence-corrected chi connectivity index (χ1v) is 8.95. The van der Waals surface area contributed by atoms with E-state index in [1.54, 1.807) is 13.2 Å². The lowest BCUT2D eigenvalue weighted by atomic mass is 10.1. The number of amides is 2. The number of carbonyl (C=O) groups excluding carboxylic acids is 1. The molecule has 0 aliphatic carbocycles. The first-order chi connectivity index (χ1) is 13.5. The van der Waals surface area contributed by atoms with Gasteiger partial charge in [-0.2, -0.15) is 5.10 Å². The molecule has 3 aromatic rings. The van der Waals surface area contributed by atoms with E-state index in [0.29, 0.717) is 18.0 Å². The Labute approximate surface area is 163 Å². The lowest BCUT2D eigenvalue weighted by Crippen LogP contribution is -2.38. The van der Waals surface area contributed by atoms with Gasteiger partial charge in [0, 0.05) is 19.4 Å². The standard InChI is InChI=1S/C20H22N6O2/c1-14-6-4-7-18(26-20(27)24(3)22-23-26)19(14)28-13-16-8-9-17(12-15(16)2)25-11-5-10-21-25/h4-12,22-23H,13H2,1-3H3. The van der Waals surface area contributed by atoms with Gasteiger partial charge in [0.1, 0.15) is 18.0 Å². The average Bonchev–Trinajstić information content (AvgIpc) is 3.33. The Bertz CT molecular complexity index is 1000. The summed E-state index contributed by atoms with van der Waals surface area (Å²) in [5, 5.41) is 7.05. The second kappa shape index (κ2) is 7.34. The Morgan fingerprint density at radius 3 is 2.61 bits per heavy atom. The first-order valence-electron chi connectivity index (χ1n) is 8.95. The lowest BCUT2D eigenvalue weighted by Gasteiger charge is -2.20. The summed E-state index contributed by atoms with van der Waals surface area (Å²) < 4.78 is 7.98. The van der Waals surface area contributed by atoms with Crippen LogP contribution in [0, 0.1) is 13.8 Å². The summed E-state index contributed by atoms with van der Waals surface area (Å²) in [5.41, 5.74) is 10.4. The highest BCUT2D eigenvalue weighted by molar-refractivity contribution is 5.93. The Balaban J connectivity index is 1.56. The van der Waals surface area contributed by atoms with Gasteiger partial charge >= 0.3 is 6.03 Å². The molecule has 1 aliphatic rings. The van der Waals surface area contributed by atoms with E-state index < -0.39 is 0 Å². The van der Waals surface area contributed by atoms with Crippen molar-refractivity contribution in [2.45, 2.75) is 20.5 Å². The number of para-hydroxylation sites is 1. The molecule has 2 N–H and O–H groups in total. The summed E-state index contributed by atoms with van der Waals surface area (Å²) in [6.45, 7) is 4.41. The van der Waals surface area contributed by atoms with Crippen molar-refractivity contribution in [3.05, 3.63) is 71.5 Å². The molecule has 0 bridgehead atoms. The topological polar surface area (TPSA) is 74.7 Å². The Hall–Kier alpha value is -3.36. The second-order valence-corrected chi connectivity index (χ2v) is 6.67. The number of aryl methyl sites for hydroxylation is 2. The molecule has 0 saturated carbocycles. The fraction of sp³-hybridized carbons (Fsp3) is 0.200. The van der Waals surface area contributed by atoms with Crippen molar-refractivity contribution < 1.29 is 9.53 Å². The fourth-order valence-corrected chi connectivity index (χ4v) is 3.09. The molecule has 2 aromatic carbocycles. The Kier molecular flexibility index (Phi) is 4.72. The van der Waals surface area contributed by atoms with Crippen LogP contribution in [-0.4, -0.2) is 27.9 Å². The van der Waals surface area contributed by atoms with Crippen LogP contribution in [0.4, 0.5) is 10.5 Å². The summed E-state index contributed by atoms with van der Waals surface area (Å²) >= 11 is 0. The number of nitrogens with one attached hydrogen (secondary N) is 2. The van der Waals surface area contributed by atoms with Gasteiger partial charge in [-0.25, -0.2) is 19.5 Å². The molecule has 8 heteroatoms. The van der Waals surface area contributed by atoms with E-state index in [1.165, 1.54) is 10.0 Å². The minimum absolute atomic E-state index is 0.213. The number of nitrogens with zero attached hydrogens (tertiary/aromatic N) is 4. The molecule has 1 aromatic heterocycles. The van der Waals surface area contributed by atoms with Crippen LogP contribution in [0.15, 0.2) is 54.9 Å². The molecule has 144 valence electrons. The zero-order valence-electron chi connectivity index (χ0n) is 16.0. The van der Waals surface area contributed by atoms with E-state index in [1.807, 2.05) is 54.2 Å². The summed E-state index contributed by atoms with van der Waals surface area (Å²) in [4.78, 5) is 12.3. The normalized spacial score (nSPS) is 14.0. The van der Waals surface area contributed by atoms with Crippen molar-refractivity contribution >= 4 is 11.7 Å². The molecule has 0 radical (unpaired) electrons. The number of hydrogen-bond acceptors (Lipinski definition) is 5. The number of hydrazine groups is 3. The first kappa shape index (κ1) is 18.0. The number of benzene rings is 2. The highest BCUT2D eigenvalue weighted by atomic mass is 16.5. The van der Waals surface area contributed by atoms with Crippen LogP contribution in [0.5, 0.6) is 5.75 Å². The average molecular weight is 378 g/mol. The summed E-state index contributed by atoms with van der Waals surface area (Å²) in [6.07, 6.45) is 3.67. The minimum Gasteiger partial charge on any atom is -0.486 e. The van der Waals surface area contributed by atoms with Gasteiger partial charge < -0.3 is 4.74 Å². The molecule has 0 atom stereocenters. The van der Waals surface area contributed by atoms with Crippen LogP contribution in [0.25, 0.3) is 5.69 Å². The van der Waals surface area contributed by atoms with E-state index in [0.717, 1.165) is 22.4 Å². The monoisotopic (exact) mass is 378 g/mol. The molecule has 4 rings (SSSR count). The molecule has 8 nitrogen and oxygen atoms in total. The molecular weight excluding hydrogens is 356 g/mol. The molecule has 0 spiro atoms. The number of urea groups is 1. The van der Waals surface area contributed by atoms with Gasteiger partial charge in [0.05, 0.1) is 5.69 Å². The van der Waals surface area contributed by atoms with Crippen molar-refractivity contribution in [1.29, 1.82) is 0 Å². The predicted octanol–water partition coefficient (Wildman–Crippen LogP) is 2.86. The van der Waals surface area contributed by atoms with Gasteiger partial charge in [-0.3, -0.25) is 0 Å². The summed E-state index contributed by atoms with van der Waals surface area (Å²) in [6, 6.07) is 13.5. The fourth-order valence-electron chi connectivity index (χ4n) is 3.09. The minimum atomic E-state index is -0.213. The third-order valence-electron chi connectivity index (χ3n) is 4.71. The van der Waals surface area contributed by atoms with Crippen molar-refractivity contribution in [3.8, 4) is 11.4 Å². The quantitative estimate of drug-likeness (QED) is 0.714. The van der Waals surface area contributed by atoms with Crippen molar-refractivity contribution in [2.75, 3.05) is 12.1 Å². The maximum absolute atomic E-state index is 12.3. The molecule has 2 amide bonds. The maximum Gasteiger partial charge on any atom is 0.355 e. The maximum atomic E-state index is 12.3. The van der Waals surface area contributed by atoms with Crippen LogP contribution in [-0.2, 0) is 6.61 Å². The molecule has 0 unspecified atom stereocenters. The van der Waals surface area contributed by atoms with E-state index in [-0.39, 0.29) is 6.03 Å². The molecule has 1 saturated heterocycles. The van der Waals surface area contributed by atoms with Crippen LogP contribution in [0.3, 0.4) is 0 Å². The van der Waals surface area contributed by atoms with Crippen molar-refractivity contribution in [2.24, 2.45) is 0 Å². The van der Waals surface area contributed by atoms with Gasteiger partial charge in [-0.1, -0.05) is 18.2 Å². The number of ether oxygens (including phenoxy) is 1. The largest absolute Gasteiger partial charge is 0.486 e. The van der Waals surface area contributed by atoms with E-state index >= 15 is 0 Å². The van der Waals surface area contributed by atoms with Gasteiger partial charge in [0.15, 0.2) is 0 Å². The molecule has 1 aliphatic heterocycles. The van der Waals surface area contributed by atoms with Crippen molar-refractivity contribution in [3.63, 3.8) is 0 Å². The Morgan fingerprint density at radius 2 is 1.93 bits per heavy atom. The third-order valence-corrected chi connectivity index (χ3v) is 4.71. The van der Waals surface area contributed by atoms with E-state index in [4.69, 9.17) is 4.74 Å². The van der Waals surface area contributed by atoms with Crippen LogP contribution >= 0.6 is 0 Å². The zero-order valence-corrected chi connectivity index (χ0v) is 16.0. The van der Waals surface area contributed by atoms with E-state index in [9.17, 15) is 4.79 Å². The van der Waals surface area contributed by atoms with Crippen LogP contribution in [0.1, 0.15) is 16.7 Å². The number of aromatic nitrogens is 2. The highest BCUT2D eigenvalue weighted by Gasteiger charge is 2.29. The number of hydrogen-bond donors (Lipinski definition) is 2. The summed E-state index contributed by atoms with van der Waals surface area (Å²) in [5.74, 6) is 0.663. The molecule has 28 heavy (non-hydrogen) atoms. The van der Waals surface area contributed by atoms with E-state index in [2.05, 4.69) is 29.2 Å². The number of carbonyl (C=O) groups is 1. The SMILES string of the molecule is Cc1cc(-n2cccn2)ccc1COc1c(C)cccc1N1NNN(C)C1=O. The smallest absolute Gasteiger partial charge is 0.355 e. The second-order valence-electron chi connectivity index (χ2n) is 6.67. The lowest BCUT2D eigenvalue weighted by molar-refractivity contribution is 0.214. The molecule has 2 heterocycles. The van der Waals surface area contributed by atoms with Crippen LogP contribution < -0.4 is 20.8 Å². The van der Waals surface area contributed by atoms with Gasteiger partial charge in [-0.05, 0) is 54.8 Å². The zero-order chi connectivity index (χ0) is 19.7. The summed E-state index contributed by atoms with van der Waals surface area (Å²) in [7, 11) is 1.65.